The molecule has 1 saturated carbocycles. The number of nitrogens with one attached hydrogen (secondary N) is 1. The predicted octanol–water partition coefficient (Wildman–Crippen LogP) is 1.78. The first-order valence-corrected chi connectivity index (χ1v) is 8.27. The Balaban J connectivity index is 1.72. The van der Waals surface area contributed by atoms with Crippen LogP contribution in [-0.2, 0) is 4.79 Å². The highest BCUT2D eigenvalue weighted by atomic mass is 16.3. The molecule has 2 rings (SSSR count). The van der Waals surface area contributed by atoms with Crippen LogP contribution in [0.4, 0.5) is 0 Å². The van der Waals surface area contributed by atoms with Crippen molar-refractivity contribution in [1.29, 1.82) is 0 Å². The second-order valence-electron chi connectivity index (χ2n) is 6.62. The first kappa shape index (κ1) is 15.8. The van der Waals surface area contributed by atoms with E-state index in [0.29, 0.717) is 17.9 Å². The molecule has 0 bridgehead atoms. The molecule has 0 spiro atoms. The van der Waals surface area contributed by atoms with E-state index in [0.717, 1.165) is 58.2 Å². The molecule has 1 amide bonds. The van der Waals surface area contributed by atoms with E-state index in [1.165, 1.54) is 0 Å². The van der Waals surface area contributed by atoms with E-state index in [-0.39, 0.29) is 12.0 Å². The molecule has 116 valence electrons. The van der Waals surface area contributed by atoms with Gasteiger partial charge in [-0.15, -0.1) is 0 Å². The van der Waals surface area contributed by atoms with Gasteiger partial charge in [0.25, 0.3) is 0 Å². The number of likely N-dealkylation sites (tertiary alicyclic amines) is 1. The Morgan fingerprint density at radius 1 is 1.20 bits per heavy atom. The molecule has 4 heteroatoms. The summed E-state index contributed by atoms with van der Waals surface area (Å²) in [6.07, 6.45) is 6.31. The van der Waals surface area contributed by atoms with Crippen molar-refractivity contribution >= 4 is 5.91 Å². The third kappa shape index (κ3) is 3.73. The molecule has 0 aromatic heterocycles. The number of nitrogens with zero attached hydrogens (tertiary/aromatic N) is 1. The lowest BCUT2D eigenvalue weighted by molar-refractivity contribution is -0.133. The van der Waals surface area contributed by atoms with Crippen molar-refractivity contribution in [3.63, 3.8) is 0 Å². The number of carbonyl (C=O) groups is 1. The van der Waals surface area contributed by atoms with Crippen LogP contribution in [0.3, 0.4) is 0 Å². The van der Waals surface area contributed by atoms with Gasteiger partial charge in [-0.1, -0.05) is 13.8 Å². The third-order valence-electron chi connectivity index (χ3n) is 5.33. The van der Waals surface area contributed by atoms with Crippen LogP contribution in [-0.4, -0.2) is 48.2 Å². The van der Waals surface area contributed by atoms with E-state index in [1.54, 1.807) is 0 Å². The first-order valence-electron chi connectivity index (χ1n) is 8.27. The van der Waals surface area contributed by atoms with Gasteiger partial charge in [0.2, 0.25) is 5.91 Å². The maximum absolute atomic E-state index is 12.0. The first-order chi connectivity index (χ1) is 9.64. The molecule has 4 nitrogen and oxygen atoms in total. The maximum Gasteiger partial charge on any atom is 0.225 e. The fourth-order valence-electron chi connectivity index (χ4n) is 3.03. The summed E-state index contributed by atoms with van der Waals surface area (Å²) in [5, 5.41) is 13.2. The monoisotopic (exact) mass is 282 g/mol. The van der Waals surface area contributed by atoms with E-state index in [1.807, 2.05) is 0 Å². The SMILES string of the molecule is CCC(CC)(CO)CNC1CCN(C(=O)C2CC2)CC1. The van der Waals surface area contributed by atoms with Gasteiger partial charge >= 0.3 is 0 Å². The van der Waals surface area contributed by atoms with E-state index >= 15 is 0 Å². The van der Waals surface area contributed by atoms with Crippen LogP contribution >= 0.6 is 0 Å². The zero-order valence-electron chi connectivity index (χ0n) is 13.0. The van der Waals surface area contributed by atoms with Gasteiger partial charge in [0, 0.05) is 43.6 Å². The maximum atomic E-state index is 12.0. The summed E-state index contributed by atoms with van der Waals surface area (Å²) in [5.41, 5.74) is 0.0287. The van der Waals surface area contributed by atoms with Gasteiger partial charge in [0.15, 0.2) is 0 Å². The number of hydrogen-bond donors (Lipinski definition) is 2. The summed E-state index contributed by atoms with van der Waals surface area (Å²) in [4.78, 5) is 14.0. The minimum atomic E-state index is 0.0287. The summed E-state index contributed by atoms with van der Waals surface area (Å²) in [6.45, 7) is 7.25. The normalized spacial score (nSPS) is 21.2. The number of carbonyl (C=O) groups excluding carboxylic acids is 1. The van der Waals surface area contributed by atoms with E-state index < -0.39 is 0 Å². The predicted molar refractivity (Wildman–Crippen MR) is 80.4 cm³/mol. The van der Waals surface area contributed by atoms with E-state index in [4.69, 9.17) is 0 Å². The Kier molecular flexibility index (Phi) is 5.44. The molecule has 0 aromatic rings. The van der Waals surface area contributed by atoms with Crippen LogP contribution < -0.4 is 5.32 Å². The summed E-state index contributed by atoms with van der Waals surface area (Å²) < 4.78 is 0. The van der Waals surface area contributed by atoms with Gasteiger partial charge in [-0.2, -0.15) is 0 Å². The van der Waals surface area contributed by atoms with E-state index in [9.17, 15) is 9.90 Å². The molecule has 0 radical (unpaired) electrons. The van der Waals surface area contributed by atoms with Crippen molar-refractivity contribution in [2.75, 3.05) is 26.2 Å². The summed E-state index contributed by atoms with van der Waals surface area (Å²) in [6, 6.07) is 0.502. The Labute approximate surface area is 122 Å². The molecule has 0 aromatic carbocycles. The van der Waals surface area contributed by atoms with Crippen molar-refractivity contribution in [1.82, 2.24) is 10.2 Å². The zero-order chi connectivity index (χ0) is 14.6. The fourth-order valence-corrected chi connectivity index (χ4v) is 3.03. The number of aliphatic hydroxyl groups excluding tert-OH is 1. The second-order valence-corrected chi connectivity index (χ2v) is 6.62. The Hall–Kier alpha value is -0.610. The van der Waals surface area contributed by atoms with Gasteiger partial charge in [0.05, 0.1) is 0 Å². The number of amides is 1. The van der Waals surface area contributed by atoms with Gasteiger partial charge < -0.3 is 15.3 Å². The molecule has 1 aliphatic carbocycles. The molecule has 20 heavy (non-hydrogen) atoms. The van der Waals surface area contributed by atoms with Gasteiger partial charge in [0.1, 0.15) is 0 Å². The van der Waals surface area contributed by atoms with Gasteiger partial charge in [-0.3, -0.25) is 4.79 Å². The molecule has 2 aliphatic rings. The smallest absolute Gasteiger partial charge is 0.225 e. The molecule has 1 saturated heterocycles. The largest absolute Gasteiger partial charge is 0.396 e. The second kappa shape index (κ2) is 6.90. The number of aliphatic hydroxyl groups is 1. The topological polar surface area (TPSA) is 52.6 Å². The van der Waals surface area contributed by atoms with Crippen LogP contribution in [0.5, 0.6) is 0 Å². The van der Waals surface area contributed by atoms with E-state index in [2.05, 4.69) is 24.1 Å². The highest BCUT2D eigenvalue weighted by Crippen LogP contribution is 2.32. The lowest BCUT2D eigenvalue weighted by Crippen LogP contribution is -2.48. The lowest BCUT2D eigenvalue weighted by atomic mass is 9.83. The zero-order valence-corrected chi connectivity index (χ0v) is 13.0. The molecule has 2 fully saturated rings. The fraction of sp³-hybridized carbons (Fsp3) is 0.938. The van der Waals surface area contributed by atoms with Crippen molar-refractivity contribution in [3.8, 4) is 0 Å². The Bertz CT molecular complexity index is 308. The van der Waals surface area contributed by atoms with Crippen LogP contribution in [0.15, 0.2) is 0 Å². The van der Waals surface area contributed by atoms with Crippen molar-refractivity contribution in [3.05, 3.63) is 0 Å². The average molecular weight is 282 g/mol. The van der Waals surface area contributed by atoms with Gasteiger partial charge in [-0.25, -0.2) is 0 Å². The average Bonchev–Trinajstić information content (AvgIpc) is 3.34. The Morgan fingerprint density at radius 3 is 2.25 bits per heavy atom. The molecule has 0 unspecified atom stereocenters. The summed E-state index contributed by atoms with van der Waals surface area (Å²) >= 11 is 0. The number of piperidine rings is 1. The van der Waals surface area contributed by atoms with Crippen molar-refractivity contribution < 1.29 is 9.90 Å². The minimum absolute atomic E-state index is 0.0287. The molecule has 2 N–H and O–H groups in total. The minimum Gasteiger partial charge on any atom is -0.396 e. The third-order valence-corrected chi connectivity index (χ3v) is 5.33. The lowest BCUT2D eigenvalue weighted by Gasteiger charge is -2.36. The van der Waals surface area contributed by atoms with Crippen LogP contribution in [0, 0.1) is 11.3 Å². The van der Waals surface area contributed by atoms with Gasteiger partial charge in [-0.05, 0) is 38.5 Å². The summed E-state index contributed by atoms with van der Waals surface area (Å²) in [7, 11) is 0. The molecular formula is C16H30N2O2. The highest BCUT2D eigenvalue weighted by Gasteiger charge is 2.35. The number of hydrogen-bond acceptors (Lipinski definition) is 3. The quantitative estimate of drug-likeness (QED) is 0.748. The van der Waals surface area contributed by atoms with Crippen LogP contribution in [0.25, 0.3) is 0 Å². The highest BCUT2D eigenvalue weighted by molar-refractivity contribution is 5.81. The van der Waals surface area contributed by atoms with Crippen molar-refractivity contribution in [2.45, 2.75) is 58.4 Å². The number of rotatable bonds is 7. The Morgan fingerprint density at radius 2 is 1.80 bits per heavy atom. The molecular weight excluding hydrogens is 252 g/mol. The molecule has 0 atom stereocenters. The summed E-state index contributed by atoms with van der Waals surface area (Å²) in [5.74, 6) is 0.733. The van der Waals surface area contributed by atoms with Crippen LogP contribution in [0.1, 0.15) is 52.4 Å². The standard InChI is InChI=1S/C16H30N2O2/c1-3-16(4-2,12-19)11-17-14-7-9-18(10-8-14)15(20)13-5-6-13/h13-14,17,19H,3-12H2,1-2H3. The van der Waals surface area contributed by atoms with Crippen LogP contribution in [0.2, 0.25) is 0 Å². The molecule has 1 heterocycles. The van der Waals surface area contributed by atoms with Crippen molar-refractivity contribution in [2.24, 2.45) is 11.3 Å². The molecule has 1 aliphatic heterocycles.